The van der Waals surface area contributed by atoms with Crippen molar-refractivity contribution < 1.29 is 19.1 Å². The quantitative estimate of drug-likeness (QED) is 0.813. The maximum atomic E-state index is 11.9. The van der Waals surface area contributed by atoms with Crippen molar-refractivity contribution in [2.45, 2.75) is 0 Å². The minimum Gasteiger partial charge on any atom is -0.454 e. The summed E-state index contributed by atoms with van der Waals surface area (Å²) in [6, 6.07) is 9.35. The molecule has 2 amide bonds. The topological polar surface area (TPSA) is 76.7 Å². The largest absolute Gasteiger partial charge is 0.454 e. The number of amides is 2. The zero-order valence-corrected chi connectivity index (χ0v) is 13.1. The Morgan fingerprint density at radius 2 is 1.43 bits per heavy atom. The molecule has 0 bridgehead atoms. The number of rotatable bonds is 2. The lowest BCUT2D eigenvalue weighted by atomic mass is 10.2. The van der Waals surface area contributed by atoms with E-state index in [-0.39, 0.29) is 11.8 Å². The number of halogens is 2. The molecule has 0 aliphatic carbocycles. The van der Waals surface area contributed by atoms with Gasteiger partial charge in [0, 0.05) is 17.4 Å². The van der Waals surface area contributed by atoms with Crippen LogP contribution in [0.4, 0.5) is 11.4 Å². The van der Waals surface area contributed by atoms with E-state index < -0.39 is 11.8 Å². The van der Waals surface area contributed by atoms with Crippen LogP contribution in [0.25, 0.3) is 0 Å². The Hall–Kier alpha value is -2.44. The fourth-order valence-corrected chi connectivity index (χ4v) is 2.22. The third-order valence-corrected chi connectivity index (χ3v) is 3.75. The molecular formula is C15H10Cl2N2O4. The van der Waals surface area contributed by atoms with E-state index in [0.717, 1.165) is 0 Å². The molecule has 2 N–H and O–H groups in total. The molecule has 0 radical (unpaired) electrons. The van der Waals surface area contributed by atoms with Crippen LogP contribution < -0.4 is 20.1 Å². The first-order valence-corrected chi connectivity index (χ1v) is 7.25. The van der Waals surface area contributed by atoms with Crippen molar-refractivity contribution in [3.63, 3.8) is 0 Å². The Morgan fingerprint density at radius 1 is 0.826 bits per heavy atom. The lowest BCUT2D eigenvalue weighted by molar-refractivity contribution is -0.132. The Morgan fingerprint density at radius 3 is 2.13 bits per heavy atom. The number of hydrogen-bond acceptors (Lipinski definition) is 4. The van der Waals surface area contributed by atoms with Gasteiger partial charge in [-0.25, -0.2) is 0 Å². The summed E-state index contributed by atoms with van der Waals surface area (Å²) in [6.45, 7) is 0.130. The molecule has 1 heterocycles. The average molecular weight is 353 g/mol. The van der Waals surface area contributed by atoms with Crippen LogP contribution in [0.15, 0.2) is 36.4 Å². The molecule has 118 valence electrons. The van der Waals surface area contributed by atoms with E-state index >= 15 is 0 Å². The lowest BCUT2D eigenvalue weighted by Gasteiger charge is -2.08. The summed E-state index contributed by atoms with van der Waals surface area (Å²) in [5.41, 5.74) is 0.786. The van der Waals surface area contributed by atoms with Gasteiger partial charge in [0.15, 0.2) is 11.5 Å². The van der Waals surface area contributed by atoms with Crippen molar-refractivity contribution in [2.24, 2.45) is 0 Å². The second kappa shape index (κ2) is 6.36. The van der Waals surface area contributed by atoms with Gasteiger partial charge in [0.1, 0.15) is 0 Å². The van der Waals surface area contributed by atoms with E-state index in [1.165, 1.54) is 12.1 Å². The van der Waals surface area contributed by atoms with Crippen LogP contribution in [0, 0.1) is 0 Å². The summed E-state index contributed by atoms with van der Waals surface area (Å²) < 4.78 is 10.4. The minimum absolute atomic E-state index is 0.130. The summed E-state index contributed by atoms with van der Waals surface area (Å²) in [7, 11) is 0. The van der Waals surface area contributed by atoms with Gasteiger partial charge in [-0.05, 0) is 30.3 Å². The first-order chi connectivity index (χ1) is 11.0. The van der Waals surface area contributed by atoms with Gasteiger partial charge < -0.3 is 20.1 Å². The van der Waals surface area contributed by atoms with Gasteiger partial charge in [-0.2, -0.15) is 0 Å². The lowest BCUT2D eigenvalue weighted by Crippen LogP contribution is -2.29. The SMILES string of the molecule is O=C(Nc1ccc(Cl)c(Cl)c1)C(=O)Nc1ccc2c(c1)OCO2. The molecule has 0 saturated heterocycles. The van der Waals surface area contributed by atoms with Crippen molar-refractivity contribution in [1.82, 2.24) is 0 Å². The number of carbonyl (C=O) groups is 2. The average Bonchev–Trinajstić information content (AvgIpc) is 2.98. The Balaban J connectivity index is 1.65. The second-order valence-corrected chi connectivity index (χ2v) is 5.42. The maximum absolute atomic E-state index is 11.9. The van der Waals surface area contributed by atoms with Crippen molar-refractivity contribution in [2.75, 3.05) is 17.4 Å². The first-order valence-electron chi connectivity index (χ1n) is 6.50. The zero-order valence-electron chi connectivity index (χ0n) is 11.6. The Bertz CT molecular complexity index is 795. The predicted octanol–water partition coefficient (Wildman–Crippen LogP) is 3.30. The molecule has 1 aliphatic rings. The van der Waals surface area contributed by atoms with Gasteiger partial charge in [-0.15, -0.1) is 0 Å². The highest BCUT2D eigenvalue weighted by molar-refractivity contribution is 6.44. The van der Waals surface area contributed by atoms with Crippen LogP contribution in [-0.4, -0.2) is 18.6 Å². The van der Waals surface area contributed by atoms with Gasteiger partial charge in [-0.1, -0.05) is 23.2 Å². The van der Waals surface area contributed by atoms with Crippen LogP contribution in [0.1, 0.15) is 0 Å². The van der Waals surface area contributed by atoms with Crippen LogP contribution in [-0.2, 0) is 9.59 Å². The van der Waals surface area contributed by atoms with Gasteiger partial charge in [0.2, 0.25) is 6.79 Å². The molecule has 2 aromatic carbocycles. The van der Waals surface area contributed by atoms with E-state index in [1.54, 1.807) is 24.3 Å². The molecule has 2 aromatic rings. The highest BCUT2D eigenvalue weighted by atomic mass is 35.5. The predicted molar refractivity (Wildman–Crippen MR) is 86.3 cm³/mol. The third kappa shape index (κ3) is 3.49. The Labute approximate surface area is 141 Å². The van der Waals surface area contributed by atoms with Gasteiger partial charge in [0.25, 0.3) is 0 Å². The first kappa shape index (κ1) is 15.5. The number of fused-ring (bicyclic) bond motifs is 1. The highest BCUT2D eigenvalue weighted by Gasteiger charge is 2.17. The zero-order chi connectivity index (χ0) is 16.4. The molecule has 0 fully saturated rings. The van der Waals surface area contributed by atoms with E-state index in [0.29, 0.717) is 27.9 Å². The summed E-state index contributed by atoms with van der Waals surface area (Å²) >= 11 is 11.6. The summed E-state index contributed by atoms with van der Waals surface area (Å²) in [5, 5.41) is 5.54. The number of hydrogen-bond donors (Lipinski definition) is 2. The maximum Gasteiger partial charge on any atom is 0.314 e. The fourth-order valence-electron chi connectivity index (χ4n) is 1.92. The number of benzene rings is 2. The molecule has 3 rings (SSSR count). The second-order valence-electron chi connectivity index (χ2n) is 4.61. The molecule has 0 aromatic heterocycles. The summed E-state index contributed by atoms with van der Waals surface area (Å²) in [5.74, 6) is -0.563. The summed E-state index contributed by atoms with van der Waals surface area (Å²) in [4.78, 5) is 23.8. The van der Waals surface area contributed by atoms with E-state index in [9.17, 15) is 9.59 Å². The van der Waals surface area contributed by atoms with E-state index in [4.69, 9.17) is 32.7 Å². The van der Waals surface area contributed by atoms with Crippen molar-refractivity contribution >= 4 is 46.4 Å². The summed E-state index contributed by atoms with van der Waals surface area (Å²) in [6.07, 6.45) is 0. The molecule has 23 heavy (non-hydrogen) atoms. The number of ether oxygens (including phenoxy) is 2. The van der Waals surface area contributed by atoms with Crippen LogP contribution in [0.2, 0.25) is 10.0 Å². The van der Waals surface area contributed by atoms with Crippen LogP contribution in [0.5, 0.6) is 11.5 Å². The molecule has 0 saturated carbocycles. The molecule has 6 nitrogen and oxygen atoms in total. The number of anilines is 2. The van der Waals surface area contributed by atoms with E-state index in [2.05, 4.69) is 10.6 Å². The standard InChI is InChI=1S/C15H10Cl2N2O4/c16-10-3-1-8(5-11(10)17)18-14(20)15(21)19-9-2-4-12-13(6-9)23-7-22-12/h1-6H,7H2,(H,18,20)(H,19,21). The van der Waals surface area contributed by atoms with Gasteiger partial charge >= 0.3 is 11.8 Å². The molecule has 0 unspecified atom stereocenters. The number of carbonyl (C=O) groups excluding carboxylic acids is 2. The highest BCUT2D eigenvalue weighted by Crippen LogP contribution is 2.34. The van der Waals surface area contributed by atoms with Gasteiger partial charge in [-0.3, -0.25) is 9.59 Å². The molecule has 1 aliphatic heterocycles. The minimum atomic E-state index is -0.832. The molecule has 0 spiro atoms. The smallest absolute Gasteiger partial charge is 0.314 e. The van der Waals surface area contributed by atoms with Crippen LogP contribution >= 0.6 is 23.2 Å². The molecular weight excluding hydrogens is 343 g/mol. The molecule has 8 heteroatoms. The Kier molecular flexibility index (Phi) is 4.27. The monoisotopic (exact) mass is 352 g/mol. The van der Waals surface area contributed by atoms with Crippen molar-refractivity contribution in [3.05, 3.63) is 46.4 Å². The van der Waals surface area contributed by atoms with Crippen molar-refractivity contribution in [3.8, 4) is 11.5 Å². The van der Waals surface area contributed by atoms with Crippen molar-refractivity contribution in [1.29, 1.82) is 0 Å². The third-order valence-electron chi connectivity index (χ3n) is 3.01. The number of nitrogens with one attached hydrogen (secondary N) is 2. The normalized spacial score (nSPS) is 11.9. The van der Waals surface area contributed by atoms with Gasteiger partial charge in [0.05, 0.1) is 10.0 Å². The molecule has 0 atom stereocenters. The fraction of sp³-hybridized carbons (Fsp3) is 0.0667. The van der Waals surface area contributed by atoms with E-state index in [1.807, 2.05) is 0 Å². The van der Waals surface area contributed by atoms with Crippen LogP contribution in [0.3, 0.4) is 0 Å².